The molecule has 0 aromatic heterocycles. The van der Waals surface area contributed by atoms with Crippen LogP contribution >= 0.6 is 23.2 Å². The van der Waals surface area contributed by atoms with Crippen LogP contribution in [0.25, 0.3) is 0 Å². The Bertz CT molecular complexity index is 907. The molecule has 6 N–H and O–H groups in total. The molecule has 0 aliphatic carbocycles. The molecule has 0 amide bonds. The first kappa shape index (κ1) is 23.7. The van der Waals surface area contributed by atoms with E-state index in [1.165, 1.54) is 0 Å². The zero-order valence-electron chi connectivity index (χ0n) is 16.3. The summed E-state index contributed by atoms with van der Waals surface area (Å²) in [5.74, 6) is 0.364. The minimum absolute atomic E-state index is 0.167. The van der Waals surface area contributed by atoms with Crippen molar-refractivity contribution in [3.05, 3.63) is 58.1 Å². The number of benzene rings is 2. The van der Waals surface area contributed by atoms with Gasteiger partial charge in [-0.2, -0.15) is 5.26 Å². The number of nitriles is 1. The van der Waals surface area contributed by atoms with Crippen LogP contribution in [0.1, 0.15) is 18.9 Å². The van der Waals surface area contributed by atoms with E-state index in [4.69, 9.17) is 44.3 Å². The Morgan fingerprint density at radius 3 is 2.70 bits per heavy atom. The van der Waals surface area contributed by atoms with Gasteiger partial charge in [0, 0.05) is 24.7 Å². The first-order chi connectivity index (χ1) is 14.3. The Morgan fingerprint density at radius 1 is 1.27 bits per heavy atom. The minimum Gasteiger partial charge on any atom is -0.460 e. The molecule has 0 heterocycles. The SMILES string of the molecule is CCC(F)Oc1cccc(NC(NC#N)NCC(N)C(=N)c2ccc(Cl)c(Cl)c2)c1. The van der Waals surface area contributed by atoms with Gasteiger partial charge in [-0.05, 0) is 29.8 Å². The van der Waals surface area contributed by atoms with Gasteiger partial charge in [0.25, 0.3) is 0 Å². The number of nitrogens with two attached hydrogens (primary N) is 1. The predicted molar refractivity (Wildman–Crippen MR) is 118 cm³/mol. The number of ether oxygens (including phenoxy) is 1. The van der Waals surface area contributed by atoms with Gasteiger partial charge in [-0.1, -0.05) is 42.3 Å². The van der Waals surface area contributed by atoms with Crippen LogP contribution in [0.5, 0.6) is 5.75 Å². The van der Waals surface area contributed by atoms with E-state index in [0.29, 0.717) is 27.0 Å². The summed E-state index contributed by atoms with van der Waals surface area (Å²) in [5.41, 5.74) is 7.43. The van der Waals surface area contributed by atoms with Crippen molar-refractivity contribution in [2.24, 2.45) is 5.73 Å². The number of hydrogen-bond acceptors (Lipinski definition) is 7. The van der Waals surface area contributed by atoms with Gasteiger partial charge in [-0.3, -0.25) is 10.6 Å². The van der Waals surface area contributed by atoms with Crippen molar-refractivity contribution < 1.29 is 9.13 Å². The molecule has 30 heavy (non-hydrogen) atoms. The number of nitrogens with zero attached hydrogens (tertiary/aromatic N) is 1. The maximum atomic E-state index is 13.4. The van der Waals surface area contributed by atoms with Crippen molar-refractivity contribution in [3.63, 3.8) is 0 Å². The van der Waals surface area contributed by atoms with Crippen molar-refractivity contribution in [1.29, 1.82) is 10.7 Å². The standard InChI is InChI=1S/C20H23Cl2FN6O/c1-2-18(23)30-14-5-3-4-13(9-14)29-20(28-11-24)27-10-17(25)19(26)12-6-7-15(21)16(22)8-12/h3-9,17-18,20,26-29H,2,10,25H2,1H3. The maximum Gasteiger partial charge on any atom is 0.238 e. The van der Waals surface area contributed by atoms with Gasteiger partial charge in [0.05, 0.1) is 21.8 Å². The summed E-state index contributed by atoms with van der Waals surface area (Å²) in [6.45, 7) is 1.87. The van der Waals surface area contributed by atoms with E-state index in [0.717, 1.165) is 0 Å². The van der Waals surface area contributed by atoms with Crippen molar-refractivity contribution >= 4 is 34.6 Å². The molecule has 3 atom stereocenters. The summed E-state index contributed by atoms with van der Waals surface area (Å²) in [6.07, 6.45) is 0.0186. The Balaban J connectivity index is 1.98. The predicted octanol–water partition coefficient (Wildman–Crippen LogP) is 3.83. The fourth-order valence-corrected chi connectivity index (χ4v) is 2.78. The second kappa shape index (κ2) is 11.6. The van der Waals surface area contributed by atoms with Crippen molar-refractivity contribution in [2.45, 2.75) is 32.0 Å². The number of alkyl halides is 1. The van der Waals surface area contributed by atoms with Crippen LogP contribution in [-0.4, -0.2) is 30.9 Å². The number of anilines is 1. The number of rotatable bonds is 11. The van der Waals surface area contributed by atoms with Crippen LogP contribution in [0.2, 0.25) is 10.0 Å². The van der Waals surface area contributed by atoms with Crippen molar-refractivity contribution in [1.82, 2.24) is 10.6 Å². The largest absolute Gasteiger partial charge is 0.460 e. The van der Waals surface area contributed by atoms with E-state index in [9.17, 15) is 4.39 Å². The topological polar surface area (TPSA) is 119 Å². The quantitative estimate of drug-likeness (QED) is 0.153. The first-order valence-corrected chi connectivity index (χ1v) is 9.94. The van der Waals surface area contributed by atoms with Crippen LogP contribution in [-0.2, 0) is 0 Å². The van der Waals surface area contributed by atoms with Crippen LogP contribution < -0.4 is 26.4 Å². The Labute approximate surface area is 184 Å². The molecular weight excluding hydrogens is 430 g/mol. The third-order valence-electron chi connectivity index (χ3n) is 4.08. The van der Waals surface area contributed by atoms with E-state index < -0.39 is 18.7 Å². The van der Waals surface area contributed by atoms with Gasteiger partial charge >= 0.3 is 0 Å². The second-order valence-corrected chi connectivity index (χ2v) is 7.17. The molecule has 0 saturated carbocycles. The van der Waals surface area contributed by atoms with Gasteiger partial charge in [0.15, 0.2) is 12.5 Å². The van der Waals surface area contributed by atoms with Gasteiger partial charge in [-0.15, -0.1) is 0 Å². The van der Waals surface area contributed by atoms with E-state index in [-0.39, 0.29) is 18.7 Å². The molecule has 0 bridgehead atoms. The lowest BCUT2D eigenvalue weighted by molar-refractivity contribution is 0.0642. The third-order valence-corrected chi connectivity index (χ3v) is 4.82. The summed E-state index contributed by atoms with van der Waals surface area (Å²) in [6, 6.07) is 10.9. The number of halogens is 3. The molecule has 0 spiro atoms. The van der Waals surface area contributed by atoms with Crippen molar-refractivity contribution in [3.8, 4) is 11.9 Å². The zero-order valence-corrected chi connectivity index (χ0v) is 17.8. The summed E-state index contributed by atoms with van der Waals surface area (Å²) in [4.78, 5) is 0. The van der Waals surface area contributed by atoms with Gasteiger partial charge in [0.1, 0.15) is 5.75 Å². The Hall–Kier alpha value is -2.57. The molecule has 160 valence electrons. The third kappa shape index (κ3) is 7.04. The maximum absolute atomic E-state index is 13.4. The molecule has 0 aliphatic rings. The number of nitrogens with one attached hydrogen (secondary N) is 4. The molecule has 0 fully saturated rings. The molecular formula is C20H23Cl2FN6O. The molecule has 0 aliphatic heterocycles. The highest BCUT2D eigenvalue weighted by atomic mass is 35.5. The van der Waals surface area contributed by atoms with Crippen LogP contribution in [0.4, 0.5) is 10.1 Å². The molecule has 7 nitrogen and oxygen atoms in total. The molecule has 3 unspecified atom stereocenters. The van der Waals surface area contributed by atoms with Crippen molar-refractivity contribution in [2.75, 3.05) is 11.9 Å². The van der Waals surface area contributed by atoms with E-state index in [1.54, 1.807) is 49.4 Å². The second-order valence-electron chi connectivity index (χ2n) is 6.35. The zero-order chi connectivity index (χ0) is 22.1. The van der Waals surface area contributed by atoms with Gasteiger partial charge in [0.2, 0.25) is 6.36 Å². The first-order valence-electron chi connectivity index (χ1n) is 9.18. The van der Waals surface area contributed by atoms with Crippen LogP contribution in [0.3, 0.4) is 0 Å². The average molecular weight is 453 g/mol. The summed E-state index contributed by atoms with van der Waals surface area (Å²) in [7, 11) is 0. The minimum atomic E-state index is -1.39. The smallest absolute Gasteiger partial charge is 0.238 e. The molecule has 10 heteroatoms. The molecule has 0 saturated heterocycles. The highest BCUT2D eigenvalue weighted by Crippen LogP contribution is 2.23. The lowest BCUT2D eigenvalue weighted by atomic mass is 10.0. The van der Waals surface area contributed by atoms with E-state index in [2.05, 4.69) is 16.0 Å². The van der Waals surface area contributed by atoms with Crippen LogP contribution in [0, 0.1) is 16.9 Å². The summed E-state index contributed by atoms with van der Waals surface area (Å²) >= 11 is 11.9. The highest BCUT2D eigenvalue weighted by Gasteiger charge is 2.16. The molecule has 2 aromatic carbocycles. The monoisotopic (exact) mass is 452 g/mol. The summed E-state index contributed by atoms with van der Waals surface area (Å²) < 4.78 is 18.6. The fourth-order valence-electron chi connectivity index (χ4n) is 2.48. The molecule has 0 radical (unpaired) electrons. The number of hydrogen-bond donors (Lipinski definition) is 5. The lowest BCUT2D eigenvalue weighted by Gasteiger charge is -2.23. The van der Waals surface area contributed by atoms with Crippen LogP contribution in [0.15, 0.2) is 42.5 Å². The average Bonchev–Trinajstić information content (AvgIpc) is 2.73. The Morgan fingerprint density at radius 2 is 2.03 bits per heavy atom. The van der Waals surface area contributed by atoms with E-state index in [1.807, 2.05) is 6.19 Å². The van der Waals surface area contributed by atoms with E-state index >= 15 is 0 Å². The van der Waals surface area contributed by atoms with Gasteiger partial charge < -0.3 is 21.2 Å². The summed E-state index contributed by atoms with van der Waals surface area (Å²) in [5, 5.41) is 26.6. The Kier molecular flexibility index (Phi) is 9.15. The molecule has 2 aromatic rings. The fraction of sp³-hybridized carbons (Fsp3) is 0.300. The van der Waals surface area contributed by atoms with Gasteiger partial charge in [-0.25, -0.2) is 4.39 Å². The normalized spacial score (nSPS) is 13.6. The molecule has 2 rings (SSSR count). The highest BCUT2D eigenvalue weighted by molar-refractivity contribution is 6.42. The lowest BCUT2D eigenvalue weighted by Crippen LogP contribution is -2.51.